The maximum atomic E-state index is 12.5. The third kappa shape index (κ3) is 4.73. The average molecular weight is 386 g/mol. The number of hydrogen-bond acceptors (Lipinski definition) is 3. The van der Waals surface area contributed by atoms with Gasteiger partial charge >= 0.3 is 12.4 Å². The van der Waals surface area contributed by atoms with Gasteiger partial charge in [0.2, 0.25) is 5.91 Å². The molecular weight excluding hydrogens is 361 g/mol. The molecule has 3 amide bonds. The molecule has 150 valence electrons. The number of imide groups is 1. The van der Waals surface area contributed by atoms with Crippen molar-refractivity contribution in [1.29, 1.82) is 0 Å². The molecule has 1 aromatic carbocycles. The summed E-state index contributed by atoms with van der Waals surface area (Å²) in [6.07, 6.45) is -2.02. The van der Waals surface area contributed by atoms with E-state index in [1.54, 1.807) is 0 Å². The maximum Gasteiger partial charge on any atom is 0.573 e. The second-order valence-corrected chi connectivity index (χ2v) is 6.79. The van der Waals surface area contributed by atoms with Gasteiger partial charge in [-0.3, -0.25) is 9.69 Å². The zero-order chi connectivity index (χ0) is 20.2. The smallest absolute Gasteiger partial charge is 0.406 e. The fraction of sp³-hybridized carbons (Fsp3) is 0.579. The number of rotatable bonds is 7. The minimum atomic E-state index is -4.75. The van der Waals surface area contributed by atoms with Crippen molar-refractivity contribution in [3.63, 3.8) is 0 Å². The Morgan fingerprint density at radius 2 is 1.81 bits per heavy atom. The highest BCUT2D eigenvalue weighted by atomic mass is 19.4. The van der Waals surface area contributed by atoms with Crippen LogP contribution in [0.15, 0.2) is 24.3 Å². The highest BCUT2D eigenvalue weighted by molar-refractivity contribution is 6.02. The van der Waals surface area contributed by atoms with Crippen LogP contribution in [0, 0.1) is 5.41 Å². The molecule has 1 fully saturated rings. The SMILES string of the molecule is CCCC(NC(=O)N1CC(CC)(CC)C1=O)c1ccc(OC(F)(F)F)cc1. The largest absolute Gasteiger partial charge is 0.573 e. The van der Waals surface area contributed by atoms with Crippen LogP contribution >= 0.6 is 0 Å². The number of halogens is 3. The van der Waals surface area contributed by atoms with Gasteiger partial charge in [0.15, 0.2) is 0 Å². The molecule has 0 aromatic heterocycles. The summed E-state index contributed by atoms with van der Waals surface area (Å²) in [5.74, 6) is -0.490. The number of nitrogens with one attached hydrogen (secondary N) is 1. The van der Waals surface area contributed by atoms with Gasteiger partial charge in [0.05, 0.1) is 11.5 Å². The Hall–Kier alpha value is -2.25. The number of carbonyl (C=O) groups excluding carboxylic acids is 2. The predicted molar refractivity (Wildman–Crippen MR) is 94.0 cm³/mol. The molecule has 1 saturated heterocycles. The fourth-order valence-corrected chi connectivity index (χ4v) is 3.32. The van der Waals surface area contributed by atoms with Crippen molar-refractivity contribution in [3.05, 3.63) is 29.8 Å². The molecule has 0 bridgehead atoms. The van der Waals surface area contributed by atoms with Crippen LogP contribution in [-0.4, -0.2) is 29.7 Å². The first kappa shape index (κ1) is 21.1. The van der Waals surface area contributed by atoms with Crippen molar-refractivity contribution in [3.8, 4) is 5.75 Å². The molecule has 1 unspecified atom stereocenters. The molecule has 0 aliphatic carbocycles. The van der Waals surface area contributed by atoms with E-state index in [-0.39, 0.29) is 11.7 Å². The van der Waals surface area contributed by atoms with E-state index >= 15 is 0 Å². The Labute approximate surface area is 156 Å². The van der Waals surface area contributed by atoms with E-state index in [1.165, 1.54) is 29.2 Å². The van der Waals surface area contributed by atoms with Crippen LogP contribution in [-0.2, 0) is 4.79 Å². The first-order valence-electron chi connectivity index (χ1n) is 9.14. The minimum absolute atomic E-state index is 0.172. The van der Waals surface area contributed by atoms with Crippen molar-refractivity contribution in [1.82, 2.24) is 10.2 Å². The third-order valence-corrected chi connectivity index (χ3v) is 5.15. The molecule has 1 atom stereocenters. The zero-order valence-corrected chi connectivity index (χ0v) is 15.7. The zero-order valence-electron chi connectivity index (χ0n) is 15.7. The lowest BCUT2D eigenvalue weighted by Crippen LogP contribution is -2.65. The summed E-state index contributed by atoms with van der Waals surface area (Å²) >= 11 is 0. The van der Waals surface area contributed by atoms with Crippen molar-refractivity contribution >= 4 is 11.9 Å². The molecule has 2 rings (SSSR count). The molecule has 1 aliphatic rings. The summed E-state index contributed by atoms with van der Waals surface area (Å²) < 4.78 is 40.7. The predicted octanol–water partition coefficient (Wildman–Crippen LogP) is 4.78. The molecule has 1 aromatic rings. The number of urea groups is 1. The highest BCUT2D eigenvalue weighted by Gasteiger charge is 2.52. The molecule has 8 heteroatoms. The molecular formula is C19H25F3N2O3. The lowest BCUT2D eigenvalue weighted by Gasteiger charge is -2.47. The van der Waals surface area contributed by atoms with Gasteiger partial charge in [0.1, 0.15) is 5.75 Å². The van der Waals surface area contributed by atoms with E-state index in [9.17, 15) is 22.8 Å². The number of nitrogens with zero attached hydrogens (tertiary/aromatic N) is 1. The number of amides is 3. The lowest BCUT2D eigenvalue weighted by molar-refractivity contribution is -0.274. The molecule has 27 heavy (non-hydrogen) atoms. The monoisotopic (exact) mass is 386 g/mol. The molecule has 0 spiro atoms. The second-order valence-electron chi connectivity index (χ2n) is 6.79. The summed E-state index contributed by atoms with van der Waals surface area (Å²) in [7, 11) is 0. The van der Waals surface area contributed by atoms with Gasteiger partial charge in [0.25, 0.3) is 0 Å². The summed E-state index contributed by atoms with van der Waals surface area (Å²) in [6.45, 7) is 6.19. The highest BCUT2D eigenvalue weighted by Crippen LogP contribution is 2.38. The van der Waals surface area contributed by atoms with E-state index in [0.29, 0.717) is 31.4 Å². The topological polar surface area (TPSA) is 58.6 Å². The van der Waals surface area contributed by atoms with Gasteiger partial charge in [-0.25, -0.2) is 4.79 Å². The normalized spacial score (nSPS) is 17.3. The Balaban J connectivity index is 2.05. The number of hydrogen-bond donors (Lipinski definition) is 1. The summed E-state index contributed by atoms with van der Waals surface area (Å²) in [5, 5.41) is 2.82. The van der Waals surface area contributed by atoms with Gasteiger partial charge in [-0.05, 0) is 37.0 Å². The molecule has 1 heterocycles. The molecule has 1 aliphatic heterocycles. The van der Waals surface area contributed by atoms with E-state index in [1.807, 2.05) is 20.8 Å². The van der Waals surface area contributed by atoms with Crippen LogP contribution in [0.25, 0.3) is 0 Å². The molecule has 0 radical (unpaired) electrons. The molecule has 0 saturated carbocycles. The van der Waals surface area contributed by atoms with Crippen LogP contribution in [0.5, 0.6) is 5.75 Å². The number of carbonyl (C=O) groups is 2. The lowest BCUT2D eigenvalue weighted by atomic mass is 9.74. The first-order chi connectivity index (χ1) is 12.7. The van der Waals surface area contributed by atoms with E-state index in [4.69, 9.17) is 0 Å². The van der Waals surface area contributed by atoms with Crippen LogP contribution in [0.4, 0.5) is 18.0 Å². The quantitative estimate of drug-likeness (QED) is 0.686. The van der Waals surface area contributed by atoms with Gasteiger partial charge in [-0.1, -0.05) is 39.3 Å². The number of ether oxygens (including phenoxy) is 1. The summed E-state index contributed by atoms with van der Waals surface area (Å²) in [4.78, 5) is 26.1. The van der Waals surface area contributed by atoms with Crippen molar-refractivity contribution in [2.24, 2.45) is 5.41 Å². The average Bonchev–Trinajstić information content (AvgIpc) is 2.60. The maximum absolute atomic E-state index is 12.5. The van der Waals surface area contributed by atoms with Crippen molar-refractivity contribution in [2.75, 3.05) is 6.54 Å². The fourth-order valence-electron chi connectivity index (χ4n) is 3.32. The second kappa shape index (κ2) is 8.19. The standard InChI is InChI=1S/C19H25F3N2O3/c1-4-7-15(13-8-10-14(11-9-13)27-19(20,21)22)23-17(26)24-12-18(5-2,6-3)16(24)25/h8-11,15H,4-7,12H2,1-3H3,(H,23,26). The summed E-state index contributed by atoms with van der Waals surface area (Å²) in [6, 6.07) is 4.54. The van der Waals surface area contributed by atoms with Crippen LogP contribution in [0.1, 0.15) is 58.1 Å². The van der Waals surface area contributed by atoms with Crippen molar-refractivity contribution in [2.45, 2.75) is 58.9 Å². The van der Waals surface area contributed by atoms with Crippen LogP contribution < -0.4 is 10.1 Å². The van der Waals surface area contributed by atoms with Gasteiger partial charge in [-0.15, -0.1) is 13.2 Å². The van der Waals surface area contributed by atoms with Crippen LogP contribution in [0.3, 0.4) is 0 Å². The first-order valence-corrected chi connectivity index (χ1v) is 9.14. The number of benzene rings is 1. The van der Waals surface area contributed by atoms with Gasteiger partial charge in [-0.2, -0.15) is 0 Å². The van der Waals surface area contributed by atoms with Crippen LogP contribution in [0.2, 0.25) is 0 Å². The Kier molecular flexibility index (Phi) is 6.38. The number of alkyl halides is 3. The summed E-state index contributed by atoms with van der Waals surface area (Å²) in [5.41, 5.74) is 0.207. The molecule has 1 N–H and O–H groups in total. The van der Waals surface area contributed by atoms with Gasteiger partial charge < -0.3 is 10.1 Å². The van der Waals surface area contributed by atoms with E-state index in [0.717, 1.165) is 6.42 Å². The number of β-lactam (4-membered cyclic amide) rings is 1. The molecule has 5 nitrogen and oxygen atoms in total. The minimum Gasteiger partial charge on any atom is -0.406 e. The Bertz CT molecular complexity index is 670. The van der Waals surface area contributed by atoms with Crippen molar-refractivity contribution < 1.29 is 27.5 Å². The van der Waals surface area contributed by atoms with E-state index < -0.39 is 23.9 Å². The van der Waals surface area contributed by atoms with E-state index in [2.05, 4.69) is 10.1 Å². The Morgan fingerprint density at radius 3 is 2.26 bits per heavy atom. The van der Waals surface area contributed by atoms with Gasteiger partial charge in [0, 0.05) is 6.54 Å². The number of likely N-dealkylation sites (tertiary alicyclic amines) is 1. The Morgan fingerprint density at radius 1 is 1.22 bits per heavy atom. The third-order valence-electron chi connectivity index (χ3n) is 5.15.